The van der Waals surface area contributed by atoms with E-state index in [1.807, 2.05) is 18.2 Å². The molecule has 2 unspecified atom stereocenters. The van der Waals surface area contributed by atoms with Crippen LogP contribution in [0, 0.1) is 5.92 Å². The average molecular weight is 286 g/mol. The molecule has 3 heterocycles. The van der Waals surface area contributed by atoms with Crippen LogP contribution >= 0.6 is 0 Å². The lowest BCUT2D eigenvalue weighted by Gasteiger charge is -2.40. The first-order chi connectivity index (χ1) is 10.2. The van der Waals surface area contributed by atoms with Gasteiger partial charge in [0.05, 0.1) is 5.69 Å². The van der Waals surface area contributed by atoms with Crippen molar-refractivity contribution >= 4 is 28.7 Å². The fourth-order valence-electron chi connectivity index (χ4n) is 3.38. The number of hydrogen-bond acceptors (Lipinski definition) is 5. The van der Waals surface area contributed by atoms with Gasteiger partial charge < -0.3 is 20.4 Å². The smallest absolute Gasteiger partial charge is 0.298 e. The lowest BCUT2D eigenvalue weighted by Crippen LogP contribution is -2.54. The van der Waals surface area contributed by atoms with Gasteiger partial charge in [0.2, 0.25) is 5.91 Å². The van der Waals surface area contributed by atoms with Gasteiger partial charge in [-0.05, 0) is 30.9 Å². The van der Waals surface area contributed by atoms with Crippen molar-refractivity contribution in [1.29, 1.82) is 0 Å². The van der Waals surface area contributed by atoms with E-state index < -0.39 is 0 Å². The van der Waals surface area contributed by atoms with Gasteiger partial charge in [-0.25, -0.2) is 0 Å². The first kappa shape index (κ1) is 12.5. The second-order valence-electron chi connectivity index (χ2n) is 5.90. The van der Waals surface area contributed by atoms with Gasteiger partial charge in [-0.15, -0.1) is 0 Å². The van der Waals surface area contributed by atoms with Crippen LogP contribution in [-0.2, 0) is 4.79 Å². The number of nitrogens with two attached hydrogens (primary N) is 1. The molecule has 1 aromatic carbocycles. The molecule has 0 radical (unpaired) electrons. The lowest BCUT2D eigenvalue weighted by molar-refractivity contribution is -0.124. The van der Waals surface area contributed by atoms with E-state index in [1.165, 1.54) is 0 Å². The monoisotopic (exact) mass is 286 g/mol. The van der Waals surface area contributed by atoms with Crippen molar-refractivity contribution in [2.24, 2.45) is 5.92 Å². The van der Waals surface area contributed by atoms with Gasteiger partial charge in [-0.1, -0.05) is 6.07 Å². The van der Waals surface area contributed by atoms with Crippen molar-refractivity contribution in [1.82, 2.24) is 10.3 Å². The molecule has 2 aliphatic rings. The number of oxazole rings is 1. The van der Waals surface area contributed by atoms with Crippen LogP contribution in [0.3, 0.4) is 0 Å². The minimum atomic E-state index is 0.180. The number of aromatic nitrogens is 1. The highest BCUT2D eigenvalue weighted by molar-refractivity contribution is 5.86. The number of amides is 1. The Labute approximate surface area is 122 Å². The fraction of sp³-hybridized carbons (Fsp3) is 0.467. The van der Waals surface area contributed by atoms with Crippen molar-refractivity contribution in [3.8, 4) is 0 Å². The molecule has 4 rings (SSSR count). The standard InChI is InChI=1S/C15H18N4O2/c16-10-2-1-3-12-14(10)18-15(21-12)19-7-6-11-9(8-19)4-5-13(20)17-11/h1-3,9,11H,4-8,16H2,(H,17,20). The quantitative estimate of drug-likeness (QED) is 0.776. The Morgan fingerprint density at radius 2 is 2.29 bits per heavy atom. The van der Waals surface area contributed by atoms with Crippen LogP contribution in [-0.4, -0.2) is 30.0 Å². The van der Waals surface area contributed by atoms with E-state index >= 15 is 0 Å². The number of nitrogens with zero attached hydrogens (tertiary/aromatic N) is 2. The number of carbonyl (C=O) groups excluding carboxylic acids is 1. The van der Waals surface area contributed by atoms with Crippen molar-refractivity contribution in [3.63, 3.8) is 0 Å². The van der Waals surface area contributed by atoms with E-state index in [2.05, 4.69) is 15.2 Å². The van der Waals surface area contributed by atoms with Crippen molar-refractivity contribution < 1.29 is 9.21 Å². The molecule has 2 aromatic rings. The maximum atomic E-state index is 11.5. The van der Waals surface area contributed by atoms with Crippen LogP contribution in [0.5, 0.6) is 0 Å². The van der Waals surface area contributed by atoms with E-state index in [1.54, 1.807) is 0 Å². The third-order valence-corrected chi connectivity index (χ3v) is 4.53. The third kappa shape index (κ3) is 2.11. The van der Waals surface area contributed by atoms with Gasteiger partial charge in [0.1, 0.15) is 5.52 Å². The summed E-state index contributed by atoms with van der Waals surface area (Å²) in [5.74, 6) is 0.656. The molecular weight excluding hydrogens is 268 g/mol. The second kappa shape index (κ2) is 4.65. The third-order valence-electron chi connectivity index (χ3n) is 4.53. The summed E-state index contributed by atoms with van der Waals surface area (Å²) in [6, 6.07) is 6.53. The molecule has 6 heteroatoms. The molecule has 2 fully saturated rings. The van der Waals surface area contributed by atoms with Crippen LogP contribution in [0.2, 0.25) is 0 Å². The molecule has 3 N–H and O–H groups in total. The Kier molecular flexibility index (Phi) is 2.77. The number of para-hydroxylation sites is 1. The molecule has 2 atom stereocenters. The number of carbonyl (C=O) groups is 1. The summed E-state index contributed by atoms with van der Waals surface area (Å²) in [6.07, 6.45) is 2.50. The maximum absolute atomic E-state index is 11.5. The predicted molar refractivity (Wildman–Crippen MR) is 79.9 cm³/mol. The highest BCUT2D eigenvalue weighted by Gasteiger charge is 2.35. The van der Waals surface area contributed by atoms with Crippen molar-refractivity contribution in [2.45, 2.75) is 25.3 Å². The predicted octanol–water partition coefficient (Wildman–Crippen LogP) is 1.51. The Balaban J connectivity index is 1.59. The van der Waals surface area contributed by atoms with Gasteiger partial charge in [0.25, 0.3) is 6.01 Å². The zero-order valence-corrected chi connectivity index (χ0v) is 11.7. The Morgan fingerprint density at radius 1 is 1.38 bits per heavy atom. The Hall–Kier alpha value is -2.24. The normalized spacial score (nSPS) is 25.7. The number of anilines is 2. The van der Waals surface area contributed by atoms with Crippen LogP contribution in [0.25, 0.3) is 11.1 Å². The minimum absolute atomic E-state index is 0.180. The van der Waals surface area contributed by atoms with Gasteiger partial charge in [-0.2, -0.15) is 4.98 Å². The highest BCUT2D eigenvalue weighted by atomic mass is 16.4. The number of nitrogens with one attached hydrogen (secondary N) is 1. The molecule has 0 aliphatic carbocycles. The summed E-state index contributed by atoms with van der Waals surface area (Å²) < 4.78 is 5.84. The van der Waals surface area contributed by atoms with E-state index in [0.717, 1.165) is 37.0 Å². The lowest BCUT2D eigenvalue weighted by atomic mass is 9.85. The molecule has 0 bridgehead atoms. The van der Waals surface area contributed by atoms with Crippen LogP contribution in [0.1, 0.15) is 19.3 Å². The largest absolute Gasteiger partial charge is 0.423 e. The van der Waals surface area contributed by atoms with E-state index in [-0.39, 0.29) is 5.91 Å². The number of rotatable bonds is 1. The zero-order valence-electron chi connectivity index (χ0n) is 11.7. The van der Waals surface area contributed by atoms with Gasteiger partial charge in [-0.3, -0.25) is 4.79 Å². The van der Waals surface area contributed by atoms with Gasteiger partial charge >= 0.3 is 0 Å². The number of nitrogen functional groups attached to an aromatic ring is 1. The van der Waals surface area contributed by atoms with Crippen molar-refractivity contribution in [3.05, 3.63) is 18.2 Å². The van der Waals surface area contributed by atoms with E-state index in [0.29, 0.717) is 30.1 Å². The van der Waals surface area contributed by atoms with Crippen molar-refractivity contribution in [2.75, 3.05) is 23.7 Å². The minimum Gasteiger partial charge on any atom is -0.423 e. The SMILES string of the molecule is Nc1cccc2oc(N3CCC4NC(=O)CCC4C3)nc12. The zero-order chi connectivity index (χ0) is 14.4. The van der Waals surface area contributed by atoms with Crippen LogP contribution in [0.15, 0.2) is 22.6 Å². The first-order valence-electron chi connectivity index (χ1n) is 7.40. The molecule has 21 heavy (non-hydrogen) atoms. The molecule has 0 spiro atoms. The molecule has 2 aliphatic heterocycles. The van der Waals surface area contributed by atoms with Crippen LogP contribution < -0.4 is 16.0 Å². The molecule has 2 saturated heterocycles. The fourth-order valence-corrected chi connectivity index (χ4v) is 3.38. The number of benzene rings is 1. The molecule has 0 saturated carbocycles. The summed E-state index contributed by atoms with van der Waals surface area (Å²) in [5.41, 5.74) is 8.03. The molecule has 1 amide bonds. The second-order valence-corrected chi connectivity index (χ2v) is 5.90. The summed E-state index contributed by atoms with van der Waals surface area (Å²) in [4.78, 5) is 18.2. The summed E-state index contributed by atoms with van der Waals surface area (Å²) >= 11 is 0. The Morgan fingerprint density at radius 3 is 3.14 bits per heavy atom. The first-order valence-corrected chi connectivity index (χ1v) is 7.40. The van der Waals surface area contributed by atoms with Crippen LogP contribution in [0.4, 0.5) is 11.7 Å². The maximum Gasteiger partial charge on any atom is 0.298 e. The molecule has 110 valence electrons. The number of fused-ring (bicyclic) bond motifs is 2. The highest BCUT2D eigenvalue weighted by Crippen LogP contribution is 2.31. The average Bonchev–Trinajstić information content (AvgIpc) is 2.92. The molecular formula is C15H18N4O2. The summed E-state index contributed by atoms with van der Waals surface area (Å²) in [7, 11) is 0. The van der Waals surface area contributed by atoms with E-state index in [9.17, 15) is 4.79 Å². The van der Waals surface area contributed by atoms with Gasteiger partial charge in [0.15, 0.2) is 5.58 Å². The Bertz CT molecular complexity index is 696. The van der Waals surface area contributed by atoms with E-state index in [4.69, 9.17) is 10.2 Å². The summed E-state index contributed by atoms with van der Waals surface area (Å²) in [6.45, 7) is 1.71. The number of hydrogen-bond donors (Lipinski definition) is 2. The summed E-state index contributed by atoms with van der Waals surface area (Å²) in [5, 5.41) is 3.09. The number of piperidine rings is 2. The molecule has 1 aromatic heterocycles. The van der Waals surface area contributed by atoms with Gasteiger partial charge in [0, 0.05) is 25.6 Å². The molecule has 6 nitrogen and oxygen atoms in total. The topological polar surface area (TPSA) is 84.4 Å².